The van der Waals surface area contributed by atoms with E-state index in [1.54, 1.807) is 18.9 Å². The Kier molecular flexibility index (Phi) is 6.54. The molecule has 1 aliphatic rings. The molecule has 0 heterocycles. The van der Waals surface area contributed by atoms with E-state index in [2.05, 4.69) is 5.32 Å². The summed E-state index contributed by atoms with van der Waals surface area (Å²) in [5.41, 5.74) is -0.633. The first-order chi connectivity index (χ1) is 11.4. The fourth-order valence-corrected chi connectivity index (χ4v) is 4.05. The highest BCUT2D eigenvalue weighted by Crippen LogP contribution is 2.34. The summed E-state index contributed by atoms with van der Waals surface area (Å²) in [4.78, 5) is 24.8. The zero-order chi connectivity index (χ0) is 17.6. The van der Waals surface area contributed by atoms with Crippen molar-refractivity contribution in [3.05, 3.63) is 24.3 Å². The van der Waals surface area contributed by atoms with Gasteiger partial charge in [-0.05, 0) is 44.0 Å². The monoisotopic (exact) mass is 351 g/mol. The minimum Gasteiger partial charge on any atom is -0.497 e. The molecule has 1 aromatic rings. The Morgan fingerprint density at radius 2 is 2.04 bits per heavy atom. The van der Waals surface area contributed by atoms with E-state index in [0.717, 1.165) is 29.9 Å². The third-order valence-corrected chi connectivity index (χ3v) is 5.60. The van der Waals surface area contributed by atoms with Crippen molar-refractivity contribution in [2.24, 2.45) is 5.92 Å². The molecule has 24 heavy (non-hydrogen) atoms. The molecule has 0 radical (unpaired) electrons. The van der Waals surface area contributed by atoms with Crippen LogP contribution in [0.1, 0.15) is 39.0 Å². The minimum absolute atomic E-state index is 0.0772. The van der Waals surface area contributed by atoms with Crippen LogP contribution in [-0.4, -0.2) is 35.4 Å². The molecule has 0 aromatic heterocycles. The van der Waals surface area contributed by atoms with Crippen molar-refractivity contribution in [3.63, 3.8) is 0 Å². The van der Waals surface area contributed by atoms with Crippen LogP contribution >= 0.6 is 11.8 Å². The molecular weight excluding hydrogens is 326 g/mol. The number of carboxylic acid groups (broad SMARTS) is 1. The zero-order valence-electron chi connectivity index (χ0n) is 14.2. The largest absolute Gasteiger partial charge is 0.497 e. The molecule has 1 aliphatic carbocycles. The van der Waals surface area contributed by atoms with Gasteiger partial charge >= 0.3 is 5.97 Å². The van der Waals surface area contributed by atoms with Gasteiger partial charge in [0, 0.05) is 17.1 Å². The number of hydrogen-bond donors (Lipinski definition) is 2. The maximum Gasteiger partial charge on any atom is 0.308 e. The Labute approximate surface area is 147 Å². The topological polar surface area (TPSA) is 75.6 Å². The third kappa shape index (κ3) is 4.90. The average molecular weight is 351 g/mol. The molecule has 2 N–H and O–H groups in total. The summed E-state index contributed by atoms with van der Waals surface area (Å²) in [6, 6.07) is 7.71. The van der Waals surface area contributed by atoms with Crippen molar-refractivity contribution in [2.45, 2.75) is 49.5 Å². The third-order valence-electron chi connectivity index (χ3n) is 4.59. The van der Waals surface area contributed by atoms with Crippen molar-refractivity contribution in [2.75, 3.05) is 12.9 Å². The van der Waals surface area contributed by atoms with E-state index in [9.17, 15) is 14.7 Å². The van der Waals surface area contributed by atoms with Crippen LogP contribution in [0.25, 0.3) is 0 Å². The highest BCUT2D eigenvalue weighted by Gasteiger charge is 2.41. The van der Waals surface area contributed by atoms with Crippen LogP contribution in [0.15, 0.2) is 29.2 Å². The number of carbonyl (C=O) groups excluding carboxylic acids is 1. The molecule has 1 amide bonds. The normalized spacial score (nSPS) is 23.5. The van der Waals surface area contributed by atoms with Gasteiger partial charge in [0.15, 0.2) is 0 Å². The highest BCUT2D eigenvalue weighted by molar-refractivity contribution is 7.99. The number of carboxylic acids is 1. The van der Waals surface area contributed by atoms with E-state index in [0.29, 0.717) is 18.6 Å². The molecule has 2 rings (SSSR count). The second-order valence-electron chi connectivity index (χ2n) is 6.38. The van der Waals surface area contributed by atoms with Gasteiger partial charge in [-0.15, -0.1) is 11.8 Å². The fraction of sp³-hybridized carbons (Fsp3) is 0.556. The van der Waals surface area contributed by atoms with Crippen LogP contribution < -0.4 is 10.1 Å². The lowest BCUT2D eigenvalue weighted by Crippen LogP contribution is -2.55. The Balaban J connectivity index is 1.82. The second kappa shape index (κ2) is 8.42. The Hall–Kier alpha value is -1.69. The summed E-state index contributed by atoms with van der Waals surface area (Å²) < 4.78 is 5.12. The Morgan fingerprint density at radius 1 is 1.33 bits per heavy atom. The number of amides is 1. The van der Waals surface area contributed by atoms with Crippen LogP contribution in [0.3, 0.4) is 0 Å². The average Bonchev–Trinajstić information content (AvgIpc) is 2.55. The summed E-state index contributed by atoms with van der Waals surface area (Å²) >= 11 is 1.60. The lowest BCUT2D eigenvalue weighted by molar-refractivity contribution is -0.146. The summed E-state index contributed by atoms with van der Waals surface area (Å²) in [7, 11) is 1.63. The molecule has 0 saturated heterocycles. The first-order valence-corrected chi connectivity index (χ1v) is 9.24. The fourth-order valence-electron chi connectivity index (χ4n) is 3.19. The molecule has 1 saturated carbocycles. The van der Waals surface area contributed by atoms with E-state index >= 15 is 0 Å². The van der Waals surface area contributed by atoms with Crippen LogP contribution in [0.2, 0.25) is 0 Å². The first kappa shape index (κ1) is 18.6. The summed E-state index contributed by atoms with van der Waals surface area (Å²) in [6.45, 7) is 1.86. The van der Waals surface area contributed by atoms with Gasteiger partial charge < -0.3 is 15.2 Å². The van der Waals surface area contributed by atoms with Gasteiger partial charge in [-0.1, -0.05) is 12.8 Å². The molecule has 0 aliphatic heterocycles. The van der Waals surface area contributed by atoms with Crippen LogP contribution in [-0.2, 0) is 9.59 Å². The molecule has 1 aromatic carbocycles. The smallest absolute Gasteiger partial charge is 0.308 e. The Bertz CT molecular complexity index is 575. The molecule has 0 bridgehead atoms. The van der Waals surface area contributed by atoms with Gasteiger partial charge in [0.2, 0.25) is 5.91 Å². The van der Waals surface area contributed by atoms with Gasteiger partial charge in [-0.25, -0.2) is 0 Å². The quantitative estimate of drug-likeness (QED) is 0.737. The van der Waals surface area contributed by atoms with Gasteiger partial charge in [0.25, 0.3) is 0 Å². The van der Waals surface area contributed by atoms with Crippen LogP contribution in [0.4, 0.5) is 0 Å². The standard InChI is InChI=1S/C18H25NO4S/c1-18(11-4-3-5-15(18)17(21)22)19-16(20)10-12-24-14-8-6-13(23-2)7-9-14/h6-9,15H,3-5,10-12H2,1-2H3,(H,19,20)(H,21,22). The number of hydrogen-bond acceptors (Lipinski definition) is 4. The van der Waals surface area contributed by atoms with E-state index in [-0.39, 0.29) is 5.91 Å². The number of methoxy groups -OCH3 is 1. The number of rotatable bonds is 7. The number of nitrogens with one attached hydrogen (secondary N) is 1. The molecule has 0 spiro atoms. The first-order valence-electron chi connectivity index (χ1n) is 8.25. The molecule has 2 unspecified atom stereocenters. The number of ether oxygens (including phenoxy) is 1. The van der Waals surface area contributed by atoms with Crippen molar-refractivity contribution >= 4 is 23.6 Å². The van der Waals surface area contributed by atoms with Crippen molar-refractivity contribution in [1.82, 2.24) is 5.32 Å². The molecule has 5 nitrogen and oxygen atoms in total. The van der Waals surface area contributed by atoms with Crippen molar-refractivity contribution in [3.8, 4) is 5.75 Å². The van der Waals surface area contributed by atoms with E-state index in [1.165, 1.54) is 0 Å². The van der Waals surface area contributed by atoms with Gasteiger partial charge in [0.1, 0.15) is 5.75 Å². The second-order valence-corrected chi connectivity index (χ2v) is 7.54. The predicted octanol–water partition coefficient (Wildman–Crippen LogP) is 3.33. The summed E-state index contributed by atoms with van der Waals surface area (Å²) in [5, 5.41) is 12.4. The molecular formula is C18H25NO4S. The summed E-state index contributed by atoms with van der Waals surface area (Å²) in [6.07, 6.45) is 3.60. The molecule has 6 heteroatoms. The lowest BCUT2D eigenvalue weighted by Gasteiger charge is -2.39. The van der Waals surface area contributed by atoms with E-state index in [4.69, 9.17) is 4.74 Å². The van der Waals surface area contributed by atoms with E-state index in [1.807, 2.05) is 31.2 Å². The SMILES string of the molecule is COc1ccc(SCCC(=O)NC2(C)CCCCC2C(=O)O)cc1. The van der Waals surface area contributed by atoms with Crippen LogP contribution in [0.5, 0.6) is 5.75 Å². The van der Waals surface area contributed by atoms with Gasteiger partial charge in [-0.2, -0.15) is 0 Å². The predicted molar refractivity (Wildman–Crippen MR) is 94.5 cm³/mol. The maximum absolute atomic E-state index is 12.2. The van der Waals surface area contributed by atoms with Crippen molar-refractivity contribution in [1.29, 1.82) is 0 Å². The van der Waals surface area contributed by atoms with Crippen molar-refractivity contribution < 1.29 is 19.4 Å². The molecule has 1 fully saturated rings. The number of benzene rings is 1. The number of carbonyl (C=O) groups is 2. The molecule has 2 atom stereocenters. The number of aliphatic carboxylic acids is 1. The lowest BCUT2D eigenvalue weighted by atomic mass is 9.74. The summed E-state index contributed by atoms with van der Waals surface area (Å²) in [5.74, 6) is 0.0784. The van der Waals surface area contributed by atoms with E-state index < -0.39 is 17.4 Å². The highest BCUT2D eigenvalue weighted by atomic mass is 32.2. The maximum atomic E-state index is 12.2. The van der Waals surface area contributed by atoms with Gasteiger partial charge in [-0.3, -0.25) is 9.59 Å². The zero-order valence-corrected chi connectivity index (χ0v) is 15.0. The Morgan fingerprint density at radius 3 is 2.67 bits per heavy atom. The van der Waals surface area contributed by atoms with Crippen LogP contribution in [0, 0.1) is 5.92 Å². The minimum atomic E-state index is -0.815. The number of thioether (sulfide) groups is 1. The van der Waals surface area contributed by atoms with Gasteiger partial charge in [0.05, 0.1) is 18.6 Å². The molecule has 132 valence electrons.